The third-order valence-electron chi connectivity index (χ3n) is 5.52. The predicted octanol–water partition coefficient (Wildman–Crippen LogP) is 3.92. The van der Waals surface area contributed by atoms with E-state index >= 15 is 0 Å². The highest BCUT2D eigenvalue weighted by Gasteiger charge is 2.32. The molecule has 158 valence electrons. The van der Waals surface area contributed by atoms with Crippen molar-refractivity contribution in [1.29, 1.82) is 0 Å². The van der Waals surface area contributed by atoms with Crippen LogP contribution in [-0.4, -0.2) is 54.2 Å². The minimum absolute atomic E-state index is 0.217. The summed E-state index contributed by atoms with van der Waals surface area (Å²) in [6.07, 6.45) is 3.91. The van der Waals surface area contributed by atoms with Crippen LogP contribution in [0.5, 0.6) is 0 Å². The van der Waals surface area contributed by atoms with E-state index in [2.05, 4.69) is 17.7 Å². The maximum absolute atomic E-state index is 12.4. The van der Waals surface area contributed by atoms with E-state index in [-0.39, 0.29) is 12.1 Å². The van der Waals surface area contributed by atoms with Crippen LogP contribution >= 0.6 is 0 Å². The first-order valence-corrected chi connectivity index (χ1v) is 10.7. The summed E-state index contributed by atoms with van der Waals surface area (Å²) >= 11 is 0. The zero-order chi connectivity index (χ0) is 20.8. The van der Waals surface area contributed by atoms with Crippen molar-refractivity contribution in [1.82, 2.24) is 29.4 Å². The molecule has 0 bridgehead atoms. The number of ether oxygens (including phenoxy) is 1. The Labute approximate surface area is 172 Å². The molecular formula is C21H32N6O2. The van der Waals surface area contributed by atoms with E-state index in [0.717, 1.165) is 36.7 Å². The normalized spacial score (nSPS) is 18.3. The lowest BCUT2D eigenvalue weighted by atomic mass is 10.1. The fraction of sp³-hybridized carbons (Fsp3) is 0.714. The molecule has 0 atom stereocenters. The summed E-state index contributed by atoms with van der Waals surface area (Å²) in [7, 11) is 0. The van der Waals surface area contributed by atoms with Crippen LogP contribution < -0.4 is 0 Å². The van der Waals surface area contributed by atoms with Gasteiger partial charge in [-0.15, -0.1) is 0 Å². The molecule has 2 aromatic rings. The molecule has 29 heavy (non-hydrogen) atoms. The maximum Gasteiger partial charge on any atom is 0.410 e. The van der Waals surface area contributed by atoms with Gasteiger partial charge in [-0.2, -0.15) is 10.2 Å². The van der Waals surface area contributed by atoms with E-state index in [1.807, 2.05) is 32.4 Å². The van der Waals surface area contributed by atoms with Gasteiger partial charge >= 0.3 is 6.09 Å². The predicted molar refractivity (Wildman–Crippen MR) is 110 cm³/mol. The summed E-state index contributed by atoms with van der Waals surface area (Å²) < 4.78 is 9.62. The Kier molecular flexibility index (Phi) is 5.12. The molecule has 0 spiro atoms. The Balaban J connectivity index is 1.52. The molecule has 0 N–H and O–H groups in total. The van der Waals surface area contributed by atoms with Crippen molar-refractivity contribution in [2.75, 3.05) is 13.1 Å². The highest BCUT2D eigenvalue weighted by molar-refractivity contribution is 5.68. The fourth-order valence-corrected chi connectivity index (χ4v) is 3.92. The number of nitrogens with zero attached hydrogens (tertiary/aromatic N) is 6. The third-order valence-corrected chi connectivity index (χ3v) is 5.52. The van der Waals surface area contributed by atoms with E-state index in [1.54, 1.807) is 4.90 Å². The molecule has 2 fully saturated rings. The van der Waals surface area contributed by atoms with Gasteiger partial charge in [0.2, 0.25) is 0 Å². The Morgan fingerprint density at radius 1 is 1.17 bits per heavy atom. The number of piperidine rings is 1. The molecule has 4 rings (SSSR count). The van der Waals surface area contributed by atoms with Crippen molar-refractivity contribution >= 4 is 6.09 Å². The van der Waals surface area contributed by atoms with E-state index < -0.39 is 5.60 Å². The largest absolute Gasteiger partial charge is 0.444 e. The standard InChI is InChI=1S/C21H32N6O2/c1-6-26-18(13-17(24-26)15-7-8-15)19-22-14(2)23-27(19)16-9-11-25(12-10-16)20(28)29-21(3,4)5/h13,15-16H,6-12H2,1-5H3. The van der Waals surface area contributed by atoms with Crippen molar-refractivity contribution in [3.05, 3.63) is 17.6 Å². The van der Waals surface area contributed by atoms with Crippen LogP contribution in [0.2, 0.25) is 0 Å². The second kappa shape index (κ2) is 7.46. The number of aromatic nitrogens is 5. The number of carbonyl (C=O) groups is 1. The monoisotopic (exact) mass is 400 g/mol. The van der Waals surface area contributed by atoms with Gasteiger partial charge in [-0.3, -0.25) is 4.68 Å². The van der Waals surface area contributed by atoms with E-state index in [0.29, 0.717) is 19.0 Å². The van der Waals surface area contributed by atoms with Gasteiger partial charge < -0.3 is 9.64 Å². The summed E-state index contributed by atoms with van der Waals surface area (Å²) in [5.41, 5.74) is 1.75. The average molecular weight is 401 g/mol. The zero-order valence-electron chi connectivity index (χ0n) is 18.2. The van der Waals surface area contributed by atoms with E-state index in [1.165, 1.54) is 18.5 Å². The summed E-state index contributed by atoms with van der Waals surface area (Å²) in [6.45, 7) is 11.9. The maximum atomic E-state index is 12.4. The summed E-state index contributed by atoms with van der Waals surface area (Å²) in [5, 5.41) is 9.51. The van der Waals surface area contributed by atoms with Gasteiger partial charge in [-0.25, -0.2) is 14.5 Å². The number of amides is 1. The fourth-order valence-electron chi connectivity index (χ4n) is 3.92. The van der Waals surface area contributed by atoms with Crippen LogP contribution in [0.15, 0.2) is 6.07 Å². The van der Waals surface area contributed by atoms with Gasteiger partial charge in [0, 0.05) is 25.6 Å². The number of hydrogen-bond donors (Lipinski definition) is 0. The molecular weight excluding hydrogens is 368 g/mol. The number of hydrogen-bond acceptors (Lipinski definition) is 5. The van der Waals surface area contributed by atoms with Gasteiger partial charge in [-0.1, -0.05) is 0 Å². The lowest BCUT2D eigenvalue weighted by Crippen LogP contribution is -2.42. The molecule has 0 aromatic carbocycles. The van der Waals surface area contributed by atoms with Crippen molar-refractivity contribution < 1.29 is 9.53 Å². The minimum atomic E-state index is -0.470. The molecule has 2 aromatic heterocycles. The number of carbonyl (C=O) groups excluding carboxylic acids is 1. The lowest BCUT2D eigenvalue weighted by molar-refractivity contribution is 0.0185. The van der Waals surface area contributed by atoms with Crippen LogP contribution in [0.25, 0.3) is 11.5 Å². The van der Waals surface area contributed by atoms with Crippen LogP contribution in [0.1, 0.15) is 76.9 Å². The van der Waals surface area contributed by atoms with Gasteiger partial charge in [0.15, 0.2) is 5.82 Å². The van der Waals surface area contributed by atoms with Crippen LogP contribution in [0.4, 0.5) is 4.79 Å². The van der Waals surface area contributed by atoms with Crippen LogP contribution in [0, 0.1) is 6.92 Å². The van der Waals surface area contributed by atoms with Crippen molar-refractivity contribution in [3.63, 3.8) is 0 Å². The minimum Gasteiger partial charge on any atom is -0.444 e. The highest BCUT2D eigenvalue weighted by Crippen LogP contribution is 2.40. The van der Waals surface area contributed by atoms with E-state index in [4.69, 9.17) is 19.9 Å². The third kappa shape index (κ3) is 4.31. The molecule has 1 aliphatic heterocycles. The molecule has 1 saturated carbocycles. The SMILES string of the molecule is CCn1nc(C2CC2)cc1-c1nc(C)nn1C1CCN(C(=O)OC(C)(C)C)CC1. The highest BCUT2D eigenvalue weighted by atomic mass is 16.6. The Morgan fingerprint density at radius 2 is 1.86 bits per heavy atom. The molecule has 8 heteroatoms. The first kappa shape index (κ1) is 19.9. The molecule has 3 heterocycles. The van der Waals surface area contributed by atoms with Crippen LogP contribution in [-0.2, 0) is 11.3 Å². The number of likely N-dealkylation sites (tertiary alicyclic amines) is 1. The van der Waals surface area contributed by atoms with Crippen molar-refractivity contribution in [2.24, 2.45) is 0 Å². The first-order chi connectivity index (χ1) is 13.7. The molecule has 8 nitrogen and oxygen atoms in total. The zero-order valence-corrected chi connectivity index (χ0v) is 18.2. The topological polar surface area (TPSA) is 78.1 Å². The molecule has 1 aliphatic carbocycles. The Morgan fingerprint density at radius 3 is 2.45 bits per heavy atom. The van der Waals surface area contributed by atoms with Crippen molar-refractivity contribution in [2.45, 2.75) is 84.4 Å². The lowest BCUT2D eigenvalue weighted by Gasteiger charge is -2.33. The second-order valence-electron chi connectivity index (χ2n) is 9.17. The Bertz CT molecular complexity index is 882. The summed E-state index contributed by atoms with van der Waals surface area (Å²) in [4.78, 5) is 18.9. The molecule has 1 amide bonds. The second-order valence-corrected chi connectivity index (χ2v) is 9.17. The van der Waals surface area contributed by atoms with Gasteiger partial charge in [0.25, 0.3) is 0 Å². The van der Waals surface area contributed by atoms with Gasteiger partial charge in [0.1, 0.15) is 17.1 Å². The van der Waals surface area contributed by atoms with Crippen LogP contribution in [0.3, 0.4) is 0 Å². The molecule has 0 unspecified atom stereocenters. The number of rotatable bonds is 4. The molecule has 0 radical (unpaired) electrons. The summed E-state index contributed by atoms with van der Waals surface area (Å²) in [6, 6.07) is 2.41. The smallest absolute Gasteiger partial charge is 0.410 e. The average Bonchev–Trinajstić information content (AvgIpc) is 3.30. The van der Waals surface area contributed by atoms with Gasteiger partial charge in [-0.05, 0) is 66.4 Å². The van der Waals surface area contributed by atoms with Gasteiger partial charge in [0.05, 0.1) is 11.7 Å². The molecule has 1 saturated heterocycles. The molecule has 2 aliphatic rings. The van der Waals surface area contributed by atoms with E-state index in [9.17, 15) is 4.79 Å². The first-order valence-electron chi connectivity index (χ1n) is 10.7. The van der Waals surface area contributed by atoms with Crippen molar-refractivity contribution in [3.8, 4) is 11.5 Å². The quantitative estimate of drug-likeness (QED) is 0.777. The Hall–Kier alpha value is -2.38. The number of aryl methyl sites for hydroxylation is 2. The summed E-state index contributed by atoms with van der Waals surface area (Å²) in [5.74, 6) is 2.27.